The van der Waals surface area contributed by atoms with E-state index in [4.69, 9.17) is 4.42 Å². The number of hydrogen-bond donors (Lipinski definition) is 1. The number of thiazole rings is 1. The summed E-state index contributed by atoms with van der Waals surface area (Å²) in [6, 6.07) is 13.8. The van der Waals surface area contributed by atoms with Gasteiger partial charge in [-0.1, -0.05) is 30.3 Å². The number of hydrogen-bond acceptors (Lipinski definition) is 5. The summed E-state index contributed by atoms with van der Waals surface area (Å²) in [6.07, 6.45) is 1.06. The summed E-state index contributed by atoms with van der Waals surface area (Å²) in [5, 5.41) is 5.83. The van der Waals surface area contributed by atoms with Gasteiger partial charge in [-0.05, 0) is 31.0 Å². The predicted molar refractivity (Wildman–Crippen MR) is 111 cm³/mol. The van der Waals surface area contributed by atoms with E-state index >= 15 is 0 Å². The molecule has 1 aliphatic rings. The largest absolute Gasteiger partial charge is 0.458 e. The van der Waals surface area contributed by atoms with Crippen molar-refractivity contribution in [1.82, 2.24) is 15.2 Å². The number of rotatable bonds is 7. The van der Waals surface area contributed by atoms with Crippen molar-refractivity contribution >= 4 is 23.2 Å². The molecule has 0 saturated carbocycles. The highest BCUT2D eigenvalue weighted by Gasteiger charge is 2.33. The third-order valence-corrected chi connectivity index (χ3v) is 5.84. The smallest absolute Gasteiger partial charge is 0.225 e. The Bertz CT molecular complexity index is 996. The van der Waals surface area contributed by atoms with E-state index in [1.807, 2.05) is 42.6 Å². The van der Waals surface area contributed by atoms with Crippen LogP contribution < -0.4 is 5.32 Å². The summed E-state index contributed by atoms with van der Waals surface area (Å²) < 4.78 is 5.78. The Hall–Kier alpha value is -2.93. The molecular weight excluding hydrogens is 386 g/mol. The lowest BCUT2D eigenvalue weighted by Crippen LogP contribution is -2.33. The van der Waals surface area contributed by atoms with Gasteiger partial charge in [0.2, 0.25) is 11.8 Å². The third kappa shape index (κ3) is 4.74. The summed E-state index contributed by atoms with van der Waals surface area (Å²) in [5.41, 5.74) is 2.00. The van der Waals surface area contributed by atoms with Crippen molar-refractivity contribution in [3.63, 3.8) is 0 Å². The molecule has 1 N–H and O–H groups in total. The molecule has 0 unspecified atom stereocenters. The van der Waals surface area contributed by atoms with Crippen LogP contribution in [0.3, 0.4) is 0 Å². The fourth-order valence-electron chi connectivity index (χ4n) is 3.48. The molecular formula is C22H23N3O3S. The fourth-order valence-corrected chi connectivity index (χ4v) is 4.08. The second kappa shape index (κ2) is 8.61. The Morgan fingerprint density at radius 1 is 1.28 bits per heavy atom. The Labute approximate surface area is 173 Å². The highest BCUT2D eigenvalue weighted by molar-refractivity contribution is 7.09. The van der Waals surface area contributed by atoms with Crippen LogP contribution in [0.15, 0.2) is 52.3 Å². The number of carbonyl (C=O) groups is 2. The van der Waals surface area contributed by atoms with Crippen LogP contribution in [0.1, 0.15) is 22.8 Å². The molecule has 150 valence electrons. The van der Waals surface area contributed by atoms with Crippen molar-refractivity contribution in [3.8, 4) is 11.5 Å². The maximum Gasteiger partial charge on any atom is 0.225 e. The molecule has 0 spiro atoms. The molecule has 7 heteroatoms. The van der Waals surface area contributed by atoms with Gasteiger partial charge in [0.25, 0.3) is 0 Å². The number of nitrogens with zero attached hydrogens (tertiary/aromatic N) is 2. The standard InChI is InChI=1S/C22H23N3O3S/c1-15-24-19(14-29-15)20-8-7-18(28-20)12-23-22(27)17-11-21(26)25(13-17)10-9-16-5-3-2-4-6-16/h2-8,14,17H,9-13H2,1H3,(H,23,27)/t17-/m1/s1. The number of aromatic nitrogens is 1. The summed E-state index contributed by atoms with van der Waals surface area (Å²) in [7, 11) is 0. The minimum absolute atomic E-state index is 0.0419. The van der Waals surface area contributed by atoms with E-state index in [1.165, 1.54) is 5.56 Å². The maximum atomic E-state index is 12.5. The normalized spacial score (nSPS) is 16.4. The number of amides is 2. The molecule has 6 nitrogen and oxygen atoms in total. The fraction of sp³-hybridized carbons (Fsp3) is 0.318. The van der Waals surface area contributed by atoms with E-state index in [0.717, 1.165) is 17.1 Å². The lowest BCUT2D eigenvalue weighted by molar-refractivity contribution is -0.129. The molecule has 1 fully saturated rings. The summed E-state index contributed by atoms with van der Waals surface area (Å²) in [4.78, 5) is 31.0. The van der Waals surface area contributed by atoms with Gasteiger partial charge in [0.15, 0.2) is 5.76 Å². The molecule has 3 aromatic rings. The van der Waals surface area contributed by atoms with E-state index in [0.29, 0.717) is 31.2 Å². The van der Waals surface area contributed by atoms with Gasteiger partial charge >= 0.3 is 0 Å². The van der Waals surface area contributed by atoms with Crippen molar-refractivity contribution in [3.05, 3.63) is 64.2 Å². The van der Waals surface area contributed by atoms with Gasteiger partial charge in [-0.15, -0.1) is 11.3 Å². The van der Waals surface area contributed by atoms with Crippen molar-refractivity contribution in [2.45, 2.75) is 26.3 Å². The van der Waals surface area contributed by atoms with E-state index < -0.39 is 0 Å². The van der Waals surface area contributed by atoms with E-state index in [2.05, 4.69) is 22.4 Å². The number of benzene rings is 1. The molecule has 2 amide bonds. The zero-order valence-corrected chi connectivity index (χ0v) is 17.1. The molecule has 1 aromatic carbocycles. The van der Waals surface area contributed by atoms with E-state index in [-0.39, 0.29) is 24.2 Å². The minimum atomic E-state index is -0.311. The van der Waals surface area contributed by atoms with Gasteiger partial charge in [-0.3, -0.25) is 9.59 Å². The second-order valence-corrected chi connectivity index (χ2v) is 8.27. The lowest BCUT2D eigenvalue weighted by Gasteiger charge is -2.16. The maximum absolute atomic E-state index is 12.5. The van der Waals surface area contributed by atoms with Crippen LogP contribution in [0.2, 0.25) is 0 Å². The van der Waals surface area contributed by atoms with Gasteiger partial charge in [-0.2, -0.15) is 0 Å². The first-order valence-corrected chi connectivity index (χ1v) is 10.6. The third-order valence-electron chi connectivity index (χ3n) is 5.07. The summed E-state index contributed by atoms with van der Waals surface area (Å²) in [5.74, 6) is 0.989. The Morgan fingerprint density at radius 3 is 2.86 bits per heavy atom. The highest BCUT2D eigenvalue weighted by atomic mass is 32.1. The van der Waals surface area contributed by atoms with Gasteiger partial charge < -0.3 is 14.6 Å². The first-order chi connectivity index (χ1) is 14.1. The quantitative estimate of drug-likeness (QED) is 0.649. The van der Waals surface area contributed by atoms with Crippen LogP contribution in [-0.2, 0) is 22.6 Å². The van der Waals surface area contributed by atoms with Crippen molar-refractivity contribution in [2.24, 2.45) is 5.92 Å². The molecule has 3 heterocycles. The first kappa shape index (κ1) is 19.4. The van der Waals surface area contributed by atoms with E-state index in [1.54, 1.807) is 16.2 Å². The molecule has 0 bridgehead atoms. The number of nitrogens with one attached hydrogen (secondary N) is 1. The molecule has 2 aromatic heterocycles. The van der Waals surface area contributed by atoms with Crippen molar-refractivity contribution < 1.29 is 14.0 Å². The first-order valence-electron chi connectivity index (χ1n) is 9.69. The highest BCUT2D eigenvalue weighted by Crippen LogP contribution is 2.24. The monoisotopic (exact) mass is 409 g/mol. The SMILES string of the molecule is Cc1nc(-c2ccc(CNC(=O)[C@@H]3CC(=O)N(CCc4ccccc4)C3)o2)cs1. The molecule has 1 saturated heterocycles. The average Bonchev–Trinajstić information content (AvgIpc) is 3.45. The Morgan fingerprint density at radius 2 is 2.10 bits per heavy atom. The molecule has 0 aliphatic carbocycles. The van der Waals surface area contributed by atoms with Gasteiger partial charge in [0.05, 0.1) is 17.5 Å². The molecule has 29 heavy (non-hydrogen) atoms. The molecule has 0 radical (unpaired) electrons. The number of aryl methyl sites for hydroxylation is 1. The Balaban J connectivity index is 1.27. The summed E-state index contributed by atoms with van der Waals surface area (Å²) >= 11 is 1.57. The zero-order valence-electron chi connectivity index (χ0n) is 16.3. The predicted octanol–water partition coefficient (Wildman–Crippen LogP) is 3.42. The lowest BCUT2D eigenvalue weighted by atomic mass is 10.1. The Kier molecular flexibility index (Phi) is 5.76. The van der Waals surface area contributed by atoms with Crippen LogP contribution in [0.4, 0.5) is 0 Å². The number of likely N-dealkylation sites (tertiary alicyclic amines) is 1. The van der Waals surface area contributed by atoms with Crippen LogP contribution in [-0.4, -0.2) is 34.8 Å². The molecule has 4 rings (SSSR count). The van der Waals surface area contributed by atoms with Crippen LogP contribution in [0, 0.1) is 12.8 Å². The zero-order chi connectivity index (χ0) is 20.2. The second-order valence-electron chi connectivity index (χ2n) is 7.21. The van der Waals surface area contributed by atoms with Crippen molar-refractivity contribution in [2.75, 3.05) is 13.1 Å². The van der Waals surface area contributed by atoms with E-state index in [9.17, 15) is 9.59 Å². The number of carbonyl (C=O) groups excluding carboxylic acids is 2. The van der Waals surface area contributed by atoms with Crippen LogP contribution in [0.25, 0.3) is 11.5 Å². The molecule has 1 atom stereocenters. The van der Waals surface area contributed by atoms with Crippen LogP contribution in [0.5, 0.6) is 0 Å². The topological polar surface area (TPSA) is 75.4 Å². The van der Waals surface area contributed by atoms with Crippen LogP contribution >= 0.6 is 11.3 Å². The minimum Gasteiger partial charge on any atom is -0.458 e. The molecule has 1 aliphatic heterocycles. The van der Waals surface area contributed by atoms with Gasteiger partial charge in [-0.25, -0.2) is 4.98 Å². The average molecular weight is 410 g/mol. The summed E-state index contributed by atoms with van der Waals surface area (Å²) in [6.45, 7) is 3.36. The van der Waals surface area contributed by atoms with Gasteiger partial charge in [0.1, 0.15) is 11.5 Å². The van der Waals surface area contributed by atoms with Crippen molar-refractivity contribution in [1.29, 1.82) is 0 Å². The van der Waals surface area contributed by atoms with Gasteiger partial charge in [0, 0.05) is 24.9 Å². The number of furan rings is 1.